The molecule has 1 fully saturated rings. The van der Waals surface area contributed by atoms with Gasteiger partial charge in [-0.3, -0.25) is 9.78 Å². The van der Waals surface area contributed by atoms with Gasteiger partial charge in [-0.05, 0) is 56.4 Å². The largest absolute Gasteiger partial charge is 0.465 e. The van der Waals surface area contributed by atoms with Crippen LogP contribution in [0.3, 0.4) is 0 Å². The van der Waals surface area contributed by atoms with Gasteiger partial charge in [0.15, 0.2) is 0 Å². The Kier molecular flexibility index (Phi) is 5.60. The Bertz CT molecular complexity index is 834. The van der Waals surface area contributed by atoms with Gasteiger partial charge in [0.1, 0.15) is 4.75 Å². The summed E-state index contributed by atoms with van der Waals surface area (Å²) in [7, 11) is 1.74. The molecule has 0 bridgehead atoms. The number of carbonyl (C=O) groups is 1. The van der Waals surface area contributed by atoms with Crippen molar-refractivity contribution < 1.29 is 9.53 Å². The van der Waals surface area contributed by atoms with Gasteiger partial charge in [-0.2, -0.15) is 0 Å². The fraction of sp³-hybridized carbons (Fsp3) is 0.450. The molecule has 1 aromatic heterocycles. The zero-order valence-corrected chi connectivity index (χ0v) is 15.6. The molecule has 3 rings (SSSR count). The molecule has 0 aliphatic heterocycles. The first-order valence-electron chi connectivity index (χ1n) is 8.74. The van der Waals surface area contributed by atoms with Gasteiger partial charge in [0.2, 0.25) is 0 Å². The molecule has 0 unspecified atom stereocenters. The molecule has 1 aliphatic rings. The van der Waals surface area contributed by atoms with Crippen molar-refractivity contribution in [3.63, 3.8) is 0 Å². The summed E-state index contributed by atoms with van der Waals surface area (Å²) in [5.41, 5.74) is 2.19. The molecule has 0 saturated heterocycles. The SMILES string of the molecule is CCOC(=O)C1(Sc2ccnc3ccc(CCC#[N+]C)cc23)CCC1. The van der Waals surface area contributed by atoms with E-state index in [0.717, 1.165) is 47.9 Å². The zero-order chi connectivity index (χ0) is 17.7. The van der Waals surface area contributed by atoms with Crippen LogP contribution in [0.2, 0.25) is 0 Å². The molecule has 0 N–H and O–H groups in total. The van der Waals surface area contributed by atoms with Crippen molar-refractivity contribution in [2.45, 2.75) is 48.7 Å². The molecule has 0 atom stereocenters. The van der Waals surface area contributed by atoms with Crippen molar-refractivity contribution in [3.05, 3.63) is 40.9 Å². The summed E-state index contributed by atoms with van der Waals surface area (Å²) in [6.45, 7) is 2.29. The number of nitrogens with zero attached hydrogens (tertiary/aromatic N) is 2. The Hall–Kier alpha value is -2.06. The fourth-order valence-electron chi connectivity index (χ4n) is 3.04. The van der Waals surface area contributed by atoms with Crippen molar-refractivity contribution in [1.82, 2.24) is 4.98 Å². The number of benzene rings is 1. The molecule has 0 radical (unpaired) electrons. The molecule has 1 aliphatic carbocycles. The molecule has 25 heavy (non-hydrogen) atoms. The molecule has 1 heterocycles. The number of fused-ring (bicyclic) bond motifs is 1. The third-order valence-electron chi connectivity index (χ3n) is 4.56. The van der Waals surface area contributed by atoms with E-state index in [0.29, 0.717) is 6.61 Å². The number of ether oxygens (including phenoxy) is 1. The number of carbonyl (C=O) groups excluding carboxylic acids is 1. The summed E-state index contributed by atoms with van der Waals surface area (Å²) in [5.74, 6) is -0.0823. The number of hydrogen-bond donors (Lipinski definition) is 0. The maximum Gasteiger partial charge on any atom is 0.322 e. The number of rotatable bonds is 6. The molecule has 1 saturated carbocycles. The maximum atomic E-state index is 12.5. The highest BCUT2D eigenvalue weighted by Gasteiger charge is 2.46. The van der Waals surface area contributed by atoms with Crippen molar-refractivity contribution in [1.29, 1.82) is 0 Å². The summed E-state index contributed by atoms with van der Waals surface area (Å²) < 4.78 is 4.90. The molecule has 1 aromatic carbocycles. The minimum Gasteiger partial charge on any atom is -0.465 e. The van der Waals surface area contributed by atoms with E-state index in [2.05, 4.69) is 34.1 Å². The molecular formula is C20H23N2O2S+. The lowest BCUT2D eigenvalue weighted by Gasteiger charge is -2.38. The first-order chi connectivity index (χ1) is 12.2. The molecule has 0 amide bonds. The standard InChI is InChI=1S/C20H23N2O2S/c1-3-24-19(23)20(10-5-11-20)25-18-9-13-22-17-8-7-15(14-16(17)18)6-4-12-21-2/h7-9,13-14H,3-6,10-11H2,1-2H3/q+1. The maximum absolute atomic E-state index is 12.5. The summed E-state index contributed by atoms with van der Waals surface area (Å²) in [6, 6.07) is 11.3. The van der Waals surface area contributed by atoms with Crippen LogP contribution in [0.4, 0.5) is 0 Å². The Morgan fingerprint density at radius 2 is 2.24 bits per heavy atom. The normalized spacial score (nSPS) is 15.1. The van der Waals surface area contributed by atoms with E-state index in [1.807, 2.05) is 19.2 Å². The Balaban J connectivity index is 1.90. The van der Waals surface area contributed by atoms with Crippen molar-refractivity contribution in [2.75, 3.05) is 13.7 Å². The third kappa shape index (κ3) is 3.80. The van der Waals surface area contributed by atoms with Crippen LogP contribution < -0.4 is 0 Å². The van der Waals surface area contributed by atoms with Crippen LogP contribution in [0.5, 0.6) is 0 Å². The van der Waals surface area contributed by atoms with E-state index < -0.39 is 4.75 Å². The molecule has 2 aromatic rings. The van der Waals surface area contributed by atoms with E-state index in [9.17, 15) is 4.79 Å². The number of aromatic nitrogens is 1. The number of thioether (sulfide) groups is 1. The van der Waals surface area contributed by atoms with Crippen molar-refractivity contribution >= 4 is 28.6 Å². The minimum absolute atomic E-state index is 0.0823. The van der Waals surface area contributed by atoms with Crippen LogP contribution in [0.15, 0.2) is 35.4 Å². The van der Waals surface area contributed by atoms with Crippen LogP contribution >= 0.6 is 11.8 Å². The van der Waals surface area contributed by atoms with Crippen molar-refractivity contribution in [2.24, 2.45) is 0 Å². The number of pyridine rings is 1. The summed E-state index contributed by atoms with van der Waals surface area (Å²) >= 11 is 1.64. The average Bonchev–Trinajstić information content (AvgIpc) is 2.58. The van der Waals surface area contributed by atoms with Crippen LogP contribution in [0.1, 0.15) is 38.2 Å². The van der Waals surface area contributed by atoms with Gasteiger partial charge in [-0.15, -0.1) is 11.8 Å². The van der Waals surface area contributed by atoms with Crippen molar-refractivity contribution in [3.8, 4) is 6.07 Å². The van der Waals surface area contributed by atoms with Crippen LogP contribution in [-0.2, 0) is 16.0 Å². The average molecular weight is 355 g/mol. The van der Waals surface area contributed by atoms with Crippen LogP contribution in [0.25, 0.3) is 15.7 Å². The second-order valence-corrected chi connectivity index (χ2v) is 7.64. The first kappa shape index (κ1) is 17.8. The van der Waals surface area contributed by atoms with Gasteiger partial charge in [0.05, 0.1) is 18.5 Å². The molecule has 130 valence electrons. The van der Waals surface area contributed by atoms with E-state index in [1.165, 1.54) is 5.56 Å². The highest BCUT2D eigenvalue weighted by atomic mass is 32.2. The lowest BCUT2D eigenvalue weighted by molar-refractivity contribution is -0.148. The van der Waals surface area contributed by atoms with E-state index >= 15 is 0 Å². The smallest absolute Gasteiger partial charge is 0.322 e. The predicted octanol–water partition coefficient (Wildman–Crippen LogP) is 4.71. The third-order valence-corrected chi connectivity index (χ3v) is 6.11. The predicted molar refractivity (Wildman–Crippen MR) is 102 cm³/mol. The molecule has 4 nitrogen and oxygen atoms in total. The molecular weight excluding hydrogens is 332 g/mol. The van der Waals surface area contributed by atoms with Gasteiger partial charge >= 0.3 is 5.97 Å². The minimum atomic E-state index is -0.428. The summed E-state index contributed by atoms with van der Waals surface area (Å²) in [6.07, 6.45) is 6.35. The molecule has 5 heteroatoms. The lowest BCUT2D eigenvalue weighted by atomic mass is 9.84. The Labute approximate surface area is 152 Å². The van der Waals surface area contributed by atoms with Crippen LogP contribution in [-0.4, -0.2) is 29.4 Å². The topological polar surface area (TPSA) is 43.5 Å². The quantitative estimate of drug-likeness (QED) is 0.704. The highest BCUT2D eigenvalue weighted by molar-refractivity contribution is 8.01. The zero-order valence-electron chi connectivity index (χ0n) is 14.7. The fourth-order valence-corrected chi connectivity index (χ4v) is 4.50. The van der Waals surface area contributed by atoms with Gasteiger partial charge in [0.25, 0.3) is 13.1 Å². The molecule has 0 spiro atoms. The monoisotopic (exact) mass is 355 g/mol. The Morgan fingerprint density at radius 1 is 1.40 bits per heavy atom. The number of esters is 1. The van der Waals surface area contributed by atoms with Gasteiger partial charge in [-0.1, -0.05) is 10.9 Å². The van der Waals surface area contributed by atoms with Gasteiger partial charge < -0.3 is 4.74 Å². The first-order valence-corrected chi connectivity index (χ1v) is 9.56. The van der Waals surface area contributed by atoms with Crippen LogP contribution in [0, 0.1) is 6.07 Å². The second-order valence-electron chi connectivity index (χ2n) is 6.21. The lowest BCUT2D eigenvalue weighted by Crippen LogP contribution is -2.43. The van der Waals surface area contributed by atoms with E-state index in [4.69, 9.17) is 4.74 Å². The summed E-state index contributed by atoms with van der Waals surface area (Å²) in [5, 5.41) is 1.11. The van der Waals surface area contributed by atoms with E-state index in [1.54, 1.807) is 18.8 Å². The highest BCUT2D eigenvalue weighted by Crippen LogP contribution is 2.49. The van der Waals surface area contributed by atoms with E-state index in [-0.39, 0.29) is 5.97 Å². The van der Waals surface area contributed by atoms with Gasteiger partial charge in [-0.25, -0.2) is 0 Å². The number of aryl methyl sites for hydroxylation is 1. The van der Waals surface area contributed by atoms with Gasteiger partial charge in [0, 0.05) is 16.5 Å². The Morgan fingerprint density at radius 3 is 2.92 bits per heavy atom. The number of hydrogen-bond acceptors (Lipinski definition) is 4. The summed E-state index contributed by atoms with van der Waals surface area (Å²) in [4.78, 5) is 21.9. The second kappa shape index (κ2) is 7.88.